The van der Waals surface area contributed by atoms with E-state index in [1.54, 1.807) is 18.2 Å². The number of carbonyl (C=O) groups excluding carboxylic acids is 3. The van der Waals surface area contributed by atoms with Crippen LogP contribution in [0.1, 0.15) is 33.6 Å². The first-order chi connectivity index (χ1) is 10.5. The number of likely N-dealkylation sites (N-methyl/N-ethyl adjacent to an activating group) is 1. The number of fused-ring (bicyclic) bond motifs is 1. The van der Waals surface area contributed by atoms with Crippen LogP contribution in [-0.4, -0.2) is 49.3 Å². The number of nitrogens with zero attached hydrogens (tertiary/aromatic N) is 1. The molecule has 1 heterocycles. The number of imide groups is 1. The lowest BCUT2D eigenvalue weighted by Gasteiger charge is -2.13. The van der Waals surface area contributed by atoms with Crippen molar-refractivity contribution in [3.05, 3.63) is 33.8 Å². The maximum atomic E-state index is 12.2. The van der Waals surface area contributed by atoms with E-state index in [-0.39, 0.29) is 36.7 Å². The Bertz CT molecular complexity index is 610. The highest BCUT2D eigenvalue weighted by Crippen LogP contribution is 2.26. The topological polar surface area (TPSA) is 78.5 Å². The quantitative estimate of drug-likeness (QED) is 0.534. The fraction of sp³-hybridized carbons (Fsp3) is 0.400. The van der Waals surface area contributed by atoms with Gasteiger partial charge in [-0.2, -0.15) is 0 Å². The first-order valence-electron chi connectivity index (χ1n) is 7.11. The minimum atomic E-state index is -0.295. The van der Waals surface area contributed by atoms with Gasteiger partial charge in [-0.05, 0) is 31.7 Å². The van der Waals surface area contributed by atoms with E-state index in [2.05, 4.69) is 26.6 Å². The fourth-order valence-corrected chi connectivity index (χ4v) is 2.64. The molecular formula is C15H19BrClN3O3. The molecule has 0 aliphatic carbocycles. The molecule has 0 saturated heterocycles. The van der Waals surface area contributed by atoms with E-state index < -0.39 is 0 Å². The normalized spacial score (nSPS) is 12.9. The molecule has 2 N–H and O–H groups in total. The average molecular weight is 405 g/mol. The summed E-state index contributed by atoms with van der Waals surface area (Å²) in [5.41, 5.74) is 0.838. The zero-order valence-corrected chi connectivity index (χ0v) is 15.1. The van der Waals surface area contributed by atoms with Gasteiger partial charge in [0.1, 0.15) is 0 Å². The second-order valence-corrected chi connectivity index (χ2v) is 5.92. The highest BCUT2D eigenvalue weighted by molar-refractivity contribution is 9.10. The Hall–Kier alpha value is -1.44. The maximum absolute atomic E-state index is 12.2. The molecule has 1 aliphatic heterocycles. The summed E-state index contributed by atoms with van der Waals surface area (Å²) in [6.07, 6.45) is 0.749. The summed E-state index contributed by atoms with van der Waals surface area (Å²) in [7, 11) is 1.81. The van der Waals surface area contributed by atoms with Gasteiger partial charge in [-0.1, -0.05) is 15.9 Å². The third kappa shape index (κ3) is 4.76. The zero-order valence-electron chi connectivity index (χ0n) is 12.7. The Labute approximate surface area is 149 Å². The van der Waals surface area contributed by atoms with Gasteiger partial charge in [-0.15, -0.1) is 12.4 Å². The average Bonchev–Trinajstić information content (AvgIpc) is 2.72. The number of rotatable bonds is 7. The molecule has 0 aromatic heterocycles. The monoisotopic (exact) mass is 403 g/mol. The molecular weight excluding hydrogens is 386 g/mol. The van der Waals surface area contributed by atoms with Crippen molar-refractivity contribution < 1.29 is 14.4 Å². The smallest absolute Gasteiger partial charge is 0.261 e. The number of hydrogen-bond donors (Lipinski definition) is 2. The highest BCUT2D eigenvalue weighted by atomic mass is 79.9. The molecule has 3 amide bonds. The number of halogens is 2. The van der Waals surface area contributed by atoms with Crippen molar-refractivity contribution in [1.29, 1.82) is 0 Å². The van der Waals surface area contributed by atoms with E-state index >= 15 is 0 Å². The standard InChI is InChI=1S/C15H18BrN3O3.ClH/c1-17-6-7-18-13(20)3-2-8-19-14(21)11-5-4-10(16)9-12(11)15(19)22;/h4-5,9,17H,2-3,6-8H2,1H3,(H,18,20);1H. The van der Waals surface area contributed by atoms with Crippen LogP contribution in [0.3, 0.4) is 0 Å². The fourth-order valence-electron chi connectivity index (χ4n) is 2.28. The van der Waals surface area contributed by atoms with E-state index in [9.17, 15) is 14.4 Å². The molecule has 1 aromatic carbocycles. The SMILES string of the molecule is CNCCNC(=O)CCCN1C(=O)c2ccc(Br)cc2C1=O.Cl. The van der Waals surface area contributed by atoms with Crippen LogP contribution in [-0.2, 0) is 4.79 Å². The van der Waals surface area contributed by atoms with Crippen molar-refractivity contribution in [2.75, 3.05) is 26.7 Å². The molecule has 1 aromatic rings. The van der Waals surface area contributed by atoms with Crippen LogP contribution in [0.25, 0.3) is 0 Å². The number of carbonyl (C=O) groups is 3. The summed E-state index contributed by atoms with van der Waals surface area (Å²) in [6.45, 7) is 1.53. The summed E-state index contributed by atoms with van der Waals surface area (Å²) in [5.74, 6) is -0.658. The molecule has 0 fully saturated rings. The molecule has 6 nitrogen and oxygen atoms in total. The lowest BCUT2D eigenvalue weighted by molar-refractivity contribution is -0.121. The predicted octanol–water partition coefficient (Wildman–Crippen LogP) is 1.58. The van der Waals surface area contributed by atoms with E-state index in [1.807, 2.05) is 7.05 Å². The Morgan fingerprint density at radius 2 is 1.87 bits per heavy atom. The largest absolute Gasteiger partial charge is 0.355 e. The number of amides is 3. The highest BCUT2D eigenvalue weighted by Gasteiger charge is 2.35. The Balaban J connectivity index is 0.00000264. The molecule has 2 rings (SSSR count). The van der Waals surface area contributed by atoms with Gasteiger partial charge in [0, 0.05) is 30.5 Å². The second kappa shape index (κ2) is 9.00. The summed E-state index contributed by atoms with van der Waals surface area (Å²) in [4.78, 5) is 37.2. The van der Waals surface area contributed by atoms with E-state index in [1.165, 1.54) is 4.90 Å². The number of nitrogens with one attached hydrogen (secondary N) is 2. The van der Waals surface area contributed by atoms with Gasteiger partial charge in [0.15, 0.2) is 0 Å². The third-order valence-electron chi connectivity index (χ3n) is 3.42. The van der Waals surface area contributed by atoms with Crippen molar-refractivity contribution in [2.45, 2.75) is 12.8 Å². The Morgan fingerprint density at radius 3 is 2.57 bits per heavy atom. The van der Waals surface area contributed by atoms with E-state index in [0.717, 1.165) is 4.47 Å². The van der Waals surface area contributed by atoms with Crippen molar-refractivity contribution in [3.8, 4) is 0 Å². The third-order valence-corrected chi connectivity index (χ3v) is 3.91. The molecule has 23 heavy (non-hydrogen) atoms. The van der Waals surface area contributed by atoms with Gasteiger partial charge in [0.25, 0.3) is 11.8 Å². The van der Waals surface area contributed by atoms with E-state index in [0.29, 0.717) is 37.1 Å². The van der Waals surface area contributed by atoms with Gasteiger partial charge in [-0.25, -0.2) is 0 Å². The summed E-state index contributed by atoms with van der Waals surface area (Å²) < 4.78 is 0.762. The van der Waals surface area contributed by atoms with Crippen molar-refractivity contribution in [3.63, 3.8) is 0 Å². The summed E-state index contributed by atoms with van der Waals surface area (Å²) in [5, 5.41) is 5.69. The number of hydrogen-bond acceptors (Lipinski definition) is 4. The van der Waals surface area contributed by atoms with Crippen LogP contribution in [0.2, 0.25) is 0 Å². The van der Waals surface area contributed by atoms with Crippen LogP contribution in [0.5, 0.6) is 0 Å². The zero-order chi connectivity index (χ0) is 16.1. The van der Waals surface area contributed by atoms with Crippen LogP contribution in [0.15, 0.2) is 22.7 Å². The molecule has 126 valence electrons. The minimum Gasteiger partial charge on any atom is -0.355 e. The van der Waals surface area contributed by atoms with Gasteiger partial charge in [0.2, 0.25) is 5.91 Å². The molecule has 0 bridgehead atoms. The van der Waals surface area contributed by atoms with Crippen LogP contribution in [0, 0.1) is 0 Å². The van der Waals surface area contributed by atoms with Crippen molar-refractivity contribution >= 4 is 46.1 Å². The molecule has 0 atom stereocenters. The molecule has 0 radical (unpaired) electrons. The Kier molecular flexibility index (Phi) is 7.67. The lowest BCUT2D eigenvalue weighted by atomic mass is 10.1. The van der Waals surface area contributed by atoms with Gasteiger partial charge < -0.3 is 10.6 Å². The first-order valence-corrected chi connectivity index (χ1v) is 7.91. The van der Waals surface area contributed by atoms with Crippen molar-refractivity contribution in [1.82, 2.24) is 15.5 Å². The van der Waals surface area contributed by atoms with Crippen LogP contribution in [0.4, 0.5) is 0 Å². The molecule has 0 saturated carbocycles. The Morgan fingerprint density at radius 1 is 1.17 bits per heavy atom. The molecule has 0 unspecified atom stereocenters. The minimum absolute atomic E-state index is 0. The molecule has 1 aliphatic rings. The maximum Gasteiger partial charge on any atom is 0.261 e. The van der Waals surface area contributed by atoms with E-state index in [4.69, 9.17) is 0 Å². The van der Waals surface area contributed by atoms with Crippen molar-refractivity contribution in [2.24, 2.45) is 0 Å². The number of benzene rings is 1. The predicted molar refractivity (Wildman–Crippen MR) is 92.9 cm³/mol. The van der Waals surface area contributed by atoms with Crippen LogP contribution >= 0.6 is 28.3 Å². The summed E-state index contributed by atoms with van der Waals surface area (Å²) in [6, 6.07) is 5.03. The van der Waals surface area contributed by atoms with Gasteiger partial charge in [-0.3, -0.25) is 19.3 Å². The van der Waals surface area contributed by atoms with Gasteiger partial charge in [0.05, 0.1) is 11.1 Å². The van der Waals surface area contributed by atoms with Gasteiger partial charge >= 0.3 is 0 Å². The van der Waals surface area contributed by atoms with Crippen LogP contribution < -0.4 is 10.6 Å². The molecule has 8 heteroatoms. The second-order valence-electron chi connectivity index (χ2n) is 5.01. The lowest BCUT2D eigenvalue weighted by Crippen LogP contribution is -2.33. The summed E-state index contributed by atoms with van der Waals surface area (Å²) >= 11 is 3.29. The first kappa shape index (κ1) is 19.6. The molecule has 0 spiro atoms.